The van der Waals surface area contributed by atoms with E-state index in [0.717, 1.165) is 54.6 Å². The first-order valence-corrected chi connectivity index (χ1v) is 12.8. The number of likely N-dealkylation sites (N-methyl/N-ethyl adjacent to an activating group) is 1. The Balaban J connectivity index is 1.38. The van der Waals surface area contributed by atoms with Crippen molar-refractivity contribution in [2.24, 2.45) is 11.8 Å². The molecule has 2 fully saturated rings. The summed E-state index contributed by atoms with van der Waals surface area (Å²) in [5.41, 5.74) is 0.850. The van der Waals surface area contributed by atoms with E-state index in [0.29, 0.717) is 29.9 Å². The van der Waals surface area contributed by atoms with Gasteiger partial charge in [0.25, 0.3) is 5.91 Å². The summed E-state index contributed by atoms with van der Waals surface area (Å²) >= 11 is 3.58. The molecule has 4 rings (SSSR count). The largest absolute Gasteiger partial charge is 0.390 e. The second-order valence-corrected chi connectivity index (χ2v) is 11.1. The molecule has 0 aliphatic heterocycles. The van der Waals surface area contributed by atoms with Crippen LogP contribution in [0, 0.1) is 11.8 Å². The molecule has 9 heteroatoms. The molecular formula is C25H35BrN6O2. The molecule has 4 N–H and O–H groups in total. The van der Waals surface area contributed by atoms with Crippen LogP contribution in [0.25, 0.3) is 0 Å². The minimum atomic E-state index is -0.570. The molecule has 184 valence electrons. The third kappa shape index (κ3) is 6.46. The Labute approximate surface area is 210 Å². The molecule has 2 saturated carbocycles. The van der Waals surface area contributed by atoms with E-state index in [1.54, 1.807) is 18.3 Å². The van der Waals surface area contributed by atoms with Crippen molar-refractivity contribution in [3.63, 3.8) is 0 Å². The quantitative estimate of drug-likeness (QED) is 0.408. The topological polar surface area (TPSA) is 102 Å². The standard InChI is InChI=1S/C25H35BrN6O2/c1-25(34)13-16-4-9-21(18(12-16)14-25)30-22-20(26)15-28-24(31-22)29-19-7-5-17(6-8-19)23(33)27-10-11-32(2)3/h5-8,15-16,18,21,34H,4,9-14H2,1-3H3,(H,27,33)(H2,28,29,30,31)/t16?,18?,21-,25+/m0/s1. The number of aromatic nitrogens is 2. The Hall–Kier alpha value is -2.23. The van der Waals surface area contributed by atoms with Crippen molar-refractivity contribution >= 4 is 39.3 Å². The van der Waals surface area contributed by atoms with E-state index in [2.05, 4.69) is 36.9 Å². The number of aliphatic hydroxyl groups is 1. The number of hydrogen-bond acceptors (Lipinski definition) is 7. The number of fused-ring (bicyclic) bond motifs is 2. The van der Waals surface area contributed by atoms with Crippen LogP contribution >= 0.6 is 15.9 Å². The summed E-state index contributed by atoms with van der Waals surface area (Å²) in [4.78, 5) is 23.4. The number of anilines is 3. The molecule has 1 heterocycles. The molecule has 0 saturated heterocycles. The normalized spacial score (nSPS) is 26.2. The van der Waals surface area contributed by atoms with Crippen LogP contribution in [0.5, 0.6) is 0 Å². The molecule has 2 aromatic rings. The van der Waals surface area contributed by atoms with Crippen LogP contribution in [0.15, 0.2) is 34.9 Å². The fraction of sp³-hybridized carbons (Fsp3) is 0.560. The lowest BCUT2D eigenvalue weighted by Crippen LogP contribution is -2.46. The predicted octanol–water partition coefficient (Wildman–Crippen LogP) is 4.02. The maximum Gasteiger partial charge on any atom is 0.251 e. The molecule has 8 nitrogen and oxygen atoms in total. The Bertz CT molecular complexity index is 997. The number of nitrogens with one attached hydrogen (secondary N) is 3. The van der Waals surface area contributed by atoms with E-state index in [-0.39, 0.29) is 11.9 Å². The molecule has 2 aliphatic carbocycles. The molecule has 0 radical (unpaired) electrons. The first-order chi connectivity index (χ1) is 16.2. The van der Waals surface area contributed by atoms with Gasteiger partial charge in [0.15, 0.2) is 0 Å². The molecule has 1 aromatic heterocycles. The van der Waals surface area contributed by atoms with Gasteiger partial charge in [-0.1, -0.05) is 0 Å². The van der Waals surface area contributed by atoms with Crippen molar-refractivity contribution < 1.29 is 9.90 Å². The minimum absolute atomic E-state index is 0.0869. The highest BCUT2D eigenvalue weighted by atomic mass is 79.9. The highest BCUT2D eigenvalue weighted by Gasteiger charge is 2.42. The zero-order chi connectivity index (χ0) is 24.3. The number of rotatable bonds is 8. The summed E-state index contributed by atoms with van der Waals surface area (Å²) in [5, 5.41) is 20.4. The fourth-order valence-electron chi connectivity index (χ4n) is 5.27. The van der Waals surface area contributed by atoms with Crippen molar-refractivity contribution in [2.75, 3.05) is 37.8 Å². The number of nitrogens with zero attached hydrogens (tertiary/aromatic N) is 3. The molecule has 1 aromatic carbocycles. The number of amides is 1. The van der Waals surface area contributed by atoms with Gasteiger partial charge in [0.1, 0.15) is 5.82 Å². The van der Waals surface area contributed by atoms with Crippen LogP contribution in [0.3, 0.4) is 0 Å². The van der Waals surface area contributed by atoms with Crippen LogP contribution in [0.1, 0.15) is 49.4 Å². The van der Waals surface area contributed by atoms with Crippen molar-refractivity contribution in [1.82, 2.24) is 20.2 Å². The first-order valence-electron chi connectivity index (χ1n) is 12.0. The smallest absolute Gasteiger partial charge is 0.251 e. The van der Waals surface area contributed by atoms with Gasteiger partial charge in [-0.25, -0.2) is 4.98 Å². The molecular weight excluding hydrogens is 496 g/mol. The Morgan fingerprint density at radius 1 is 1.24 bits per heavy atom. The summed E-state index contributed by atoms with van der Waals surface area (Å²) < 4.78 is 0.812. The third-order valence-corrected chi connectivity index (χ3v) is 7.42. The Morgan fingerprint density at radius 2 is 2.00 bits per heavy atom. The van der Waals surface area contributed by atoms with E-state index in [1.807, 2.05) is 38.1 Å². The number of hydrogen-bond donors (Lipinski definition) is 4. The van der Waals surface area contributed by atoms with Crippen molar-refractivity contribution in [3.05, 3.63) is 40.5 Å². The first kappa shape index (κ1) is 24.9. The average Bonchev–Trinajstić information content (AvgIpc) is 2.77. The van der Waals surface area contributed by atoms with Gasteiger partial charge in [-0.3, -0.25) is 4.79 Å². The van der Waals surface area contributed by atoms with Crippen LogP contribution in [0.4, 0.5) is 17.5 Å². The predicted molar refractivity (Wildman–Crippen MR) is 138 cm³/mol. The molecule has 34 heavy (non-hydrogen) atoms. The summed E-state index contributed by atoms with van der Waals surface area (Å²) in [6, 6.07) is 7.57. The van der Waals surface area contributed by atoms with E-state index in [9.17, 15) is 9.90 Å². The SMILES string of the molecule is CN(C)CCNC(=O)c1ccc(Nc2ncc(Br)c(N[C@H]3CCC4CC3C[C@](C)(O)C4)n2)cc1. The minimum Gasteiger partial charge on any atom is -0.390 e. The van der Waals surface area contributed by atoms with E-state index in [1.165, 1.54) is 0 Å². The highest BCUT2D eigenvalue weighted by Crippen LogP contribution is 2.45. The van der Waals surface area contributed by atoms with Gasteiger partial charge in [0.2, 0.25) is 5.95 Å². The van der Waals surface area contributed by atoms with Crippen LogP contribution in [-0.2, 0) is 0 Å². The van der Waals surface area contributed by atoms with E-state index >= 15 is 0 Å². The lowest BCUT2D eigenvalue weighted by molar-refractivity contribution is -0.0403. The molecule has 4 atom stereocenters. The van der Waals surface area contributed by atoms with Gasteiger partial charge in [-0.15, -0.1) is 0 Å². The number of halogens is 1. The Kier molecular flexibility index (Phi) is 7.74. The number of carbonyl (C=O) groups is 1. The van der Waals surface area contributed by atoms with Gasteiger partial charge in [-0.05, 0) is 105 Å². The summed E-state index contributed by atoms with van der Waals surface area (Å²) in [5.74, 6) is 2.21. The van der Waals surface area contributed by atoms with E-state index in [4.69, 9.17) is 4.98 Å². The molecule has 2 aliphatic rings. The van der Waals surface area contributed by atoms with Crippen molar-refractivity contribution in [2.45, 2.75) is 50.7 Å². The Morgan fingerprint density at radius 3 is 2.74 bits per heavy atom. The highest BCUT2D eigenvalue weighted by molar-refractivity contribution is 9.10. The lowest BCUT2D eigenvalue weighted by Gasteiger charge is -2.46. The van der Waals surface area contributed by atoms with Crippen molar-refractivity contribution in [3.8, 4) is 0 Å². The maximum absolute atomic E-state index is 12.3. The second-order valence-electron chi connectivity index (χ2n) is 10.2. The average molecular weight is 531 g/mol. The lowest BCUT2D eigenvalue weighted by atomic mass is 9.64. The van der Waals surface area contributed by atoms with Crippen LogP contribution in [-0.4, -0.2) is 64.7 Å². The zero-order valence-corrected chi connectivity index (χ0v) is 21.7. The van der Waals surface area contributed by atoms with E-state index < -0.39 is 5.60 Å². The van der Waals surface area contributed by atoms with Gasteiger partial charge >= 0.3 is 0 Å². The third-order valence-electron chi connectivity index (χ3n) is 6.84. The summed E-state index contributed by atoms with van der Waals surface area (Å²) in [6.07, 6.45) is 6.86. The van der Waals surface area contributed by atoms with Gasteiger partial charge in [0, 0.05) is 36.6 Å². The fourth-order valence-corrected chi connectivity index (χ4v) is 5.57. The maximum atomic E-state index is 12.3. The van der Waals surface area contributed by atoms with Crippen molar-refractivity contribution in [1.29, 1.82) is 0 Å². The van der Waals surface area contributed by atoms with Gasteiger partial charge in [0.05, 0.1) is 10.1 Å². The summed E-state index contributed by atoms with van der Waals surface area (Å²) in [7, 11) is 3.95. The molecule has 1 amide bonds. The zero-order valence-electron chi connectivity index (χ0n) is 20.1. The summed E-state index contributed by atoms with van der Waals surface area (Å²) in [6.45, 7) is 3.37. The molecule has 2 bridgehead atoms. The second kappa shape index (κ2) is 10.6. The van der Waals surface area contributed by atoms with Crippen LogP contribution in [0.2, 0.25) is 0 Å². The number of carbonyl (C=O) groups excluding carboxylic acids is 1. The van der Waals surface area contributed by atoms with Gasteiger partial charge < -0.3 is 26.0 Å². The number of benzene rings is 1. The molecule has 2 unspecified atom stereocenters. The van der Waals surface area contributed by atoms with Gasteiger partial charge in [-0.2, -0.15) is 4.98 Å². The molecule has 0 spiro atoms. The monoisotopic (exact) mass is 530 g/mol. The van der Waals surface area contributed by atoms with Crippen LogP contribution < -0.4 is 16.0 Å².